The fourth-order valence-electron chi connectivity index (χ4n) is 8.48. The summed E-state index contributed by atoms with van der Waals surface area (Å²) in [5, 5.41) is 10.1. The van der Waals surface area contributed by atoms with Crippen molar-refractivity contribution >= 4 is 35.8 Å². The Morgan fingerprint density at radius 3 is 1.38 bits per heavy atom. The number of carbonyl (C=O) groups excluding carboxylic acids is 5. The molecule has 2 fully saturated rings. The van der Waals surface area contributed by atoms with E-state index in [-0.39, 0.29) is 45.3 Å². The van der Waals surface area contributed by atoms with E-state index in [1.54, 1.807) is 149 Å². The summed E-state index contributed by atoms with van der Waals surface area (Å²) < 4.78 is 42.6. The molecule has 14 nitrogen and oxygen atoms in total. The third kappa shape index (κ3) is 12.5. The van der Waals surface area contributed by atoms with Crippen molar-refractivity contribution < 1.29 is 67.0 Å². The Morgan fingerprint density at radius 1 is 0.591 bits per heavy atom. The minimum Gasteiger partial charge on any atom is -0.481 e. The zero-order chi connectivity index (χ0) is 47.4. The molecule has 0 amide bonds. The molecule has 0 saturated carbocycles. The van der Waals surface area contributed by atoms with E-state index in [0.29, 0.717) is 41.5 Å². The second-order valence-corrected chi connectivity index (χ2v) is 17.7. The van der Waals surface area contributed by atoms with Crippen molar-refractivity contribution in [3.63, 3.8) is 0 Å². The summed E-state index contributed by atoms with van der Waals surface area (Å²) in [4.78, 5) is 79.0. The molecule has 66 heavy (non-hydrogen) atoms. The Morgan fingerprint density at radius 2 is 0.970 bits per heavy atom. The molecule has 4 aromatic rings. The van der Waals surface area contributed by atoms with Crippen LogP contribution in [-0.4, -0.2) is 94.9 Å². The molecule has 14 heteroatoms. The van der Waals surface area contributed by atoms with Gasteiger partial charge in [-0.25, -0.2) is 24.0 Å². The highest BCUT2D eigenvalue weighted by atomic mass is 16.6. The molecule has 0 bridgehead atoms. The van der Waals surface area contributed by atoms with Crippen LogP contribution >= 0.6 is 0 Å². The summed E-state index contributed by atoms with van der Waals surface area (Å²) in [5.74, 6) is -4.24. The number of carbonyl (C=O) groups is 6. The maximum absolute atomic E-state index is 14.3. The number of aliphatic carboxylic acids is 1. The monoisotopic (exact) mass is 906 g/mol. The SMILES string of the molecule is C[C@](CCCOC(=O)c1ccccc1)(OC(=O)c1ccccc1)[C@H]1CC[C@@](C)([C@H](CC(=O)O)OC(=O)[C@]2(C)CC[C@@H]([C@](C)(CCCOC(=O)c3ccccc3)OC(=O)c3ccccc3)O2)O1. The highest BCUT2D eigenvalue weighted by Gasteiger charge is 2.56. The zero-order valence-corrected chi connectivity index (χ0v) is 37.8. The van der Waals surface area contributed by atoms with Crippen LogP contribution in [0, 0.1) is 0 Å². The zero-order valence-electron chi connectivity index (χ0n) is 37.8. The van der Waals surface area contributed by atoms with Crippen LogP contribution in [0.5, 0.6) is 0 Å². The molecule has 2 aliphatic heterocycles. The molecular formula is C52H58O14. The summed E-state index contributed by atoms with van der Waals surface area (Å²) in [7, 11) is 0. The first-order chi connectivity index (χ1) is 31.5. The summed E-state index contributed by atoms with van der Waals surface area (Å²) in [5.41, 5.74) is -4.06. The molecule has 1 N–H and O–H groups in total. The fourth-order valence-corrected chi connectivity index (χ4v) is 8.48. The first kappa shape index (κ1) is 49.1. The number of carboxylic acids is 1. The van der Waals surface area contributed by atoms with E-state index < -0.39 is 83.0 Å². The fraction of sp³-hybridized carbons (Fsp3) is 0.423. The van der Waals surface area contributed by atoms with Crippen molar-refractivity contribution in [2.24, 2.45) is 0 Å². The average Bonchev–Trinajstić information content (AvgIpc) is 3.95. The third-order valence-electron chi connectivity index (χ3n) is 12.5. The van der Waals surface area contributed by atoms with Gasteiger partial charge in [-0.1, -0.05) is 72.8 Å². The van der Waals surface area contributed by atoms with Gasteiger partial charge in [-0.3, -0.25) is 4.79 Å². The standard InChI is InChI=1S/C52H58O14/c1-49(65-46(57)38-23-13-7-14-24-38,29-17-33-60-44(55)36-19-9-5-10-20-36)40-27-31-51(3,63-40)42(35-43(53)54)62-48(59)52(4)32-28-41(64-52)50(2,66-47(58)39-25-15-8-16-26-39)30-18-34-61-45(56)37-21-11-6-12-22-37/h5-16,19-26,40-42H,17-18,27-35H2,1-4H3,(H,53,54)/t40-,41+,42+,49-,50+,51+,52+/m1/s1. The van der Waals surface area contributed by atoms with Crippen molar-refractivity contribution in [1.29, 1.82) is 0 Å². The summed E-state index contributed by atoms with van der Waals surface area (Å²) in [6, 6.07) is 34.0. The molecular weight excluding hydrogens is 849 g/mol. The summed E-state index contributed by atoms with van der Waals surface area (Å²) in [6.07, 6.45) is -1.46. The number of rotatable bonds is 21. The van der Waals surface area contributed by atoms with Gasteiger partial charge >= 0.3 is 35.8 Å². The quantitative estimate of drug-likeness (QED) is 0.0475. The first-order valence-corrected chi connectivity index (χ1v) is 22.3. The predicted octanol–water partition coefficient (Wildman–Crippen LogP) is 8.75. The van der Waals surface area contributed by atoms with E-state index in [1.807, 2.05) is 0 Å². The Hall–Kier alpha value is -6.38. The van der Waals surface area contributed by atoms with E-state index in [1.165, 1.54) is 0 Å². The largest absolute Gasteiger partial charge is 0.481 e. The van der Waals surface area contributed by atoms with E-state index >= 15 is 0 Å². The summed E-state index contributed by atoms with van der Waals surface area (Å²) >= 11 is 0. The molecule has 6 rings (SSSR count). The number of hydrogen-bond donors (Lipinski definition) is 1. The topological polar surface area (TPSA) is 187 Å². The van der Waals surface area contributed by atoms with Crippen LogP contribution in [0.1, 0.15) is 127 Å². The van der Waals surface area contributed by atoms with Gasteiger partial charge in [-0.2, -0.15) is 0 Å². The van der Waals surface area contributed by atoms with Crippen LogP contribution in [0.3, 0.4) is 0 Å². The second-order valence-electron chi connectivity index (χ2n) is 17.7. The second kappa shape index (κ2) is 21.7. The Labute approximate surface area is 384 Å². The first-order valence-electron chi connectivity index (χ1n) is 22.3. The van der Waals surface area contributed by atoms with Crippen LogP contribution in [0.15, 0.2) is 121 Å². The number of benzene rings is 4. The molecule has 0 unspecified atom stereocenters. The molecule has 2 saturated heterocycles. The Kier molecular flexibility index (Phi) is 16.2. The highest BCUT2D eigenvalue weighted by Crippen LogP contribution is 2.45. The van der Waals surface area contributed by atoms with Gasteiger partial charge in [0.2, 0.25) is 0 Å². The smallest absolute Gasteiger partial charge is 0.338 e. The van der Waals surface area contributed by atoms with Crippen molar-refractivity contribution in [3.8, 4) is 0 Å². The van der Waals surface area contributed by atoms with E-state index in [0.717, 1.165) is 0 Å². The lowest BCUT2D eigenvalue weighted by atomic mass is 9.88. The molecule has 0 radical (unpaired) electrons. The van der Waals surface area contributed by atoms with Crippen LogP contribution in [0.25, 0.3) is 0 Å². The van der Waals surface area contributed by atoms with Crippen LogP contribution in [0.2, 0.25) is 0 Å². The highest BCUT2D eigenvalue weighted by molar-refractivity contribution is 5.91. The van der Waals surface area contributed by atoms with Crippen LogP contribution < -0.4 is 0 Å². The molecule has 350 valence electrons. The lowest BCUT2D eigenvalue weighted by Crippen LogP contribution is -2.51. The molecule has 2 aliphatic rings. The van der Waals surface area contributed by atoms with E-state index in [9.17, 15) is 33.9 Å². The van der Waals surface area contributed by atoms with Gasteiger partial charge in [0.15, 0.2) is 5.60 Å². The number of ether oxygens (including phenoxy) is 7. The number of esters is 5. The van der Waals surface area contributed by atoms with E-state index in [2.05, 4.69) is 0 Å². The number of carboxylic acid groups (broad SMARTS) is 1. The van der Waals surface area contributed by atoms with Gasteiger partial charge in [0.25, 0.3) is 0 Å². The van der Waals surface area contributed by atoms with Gasteiger partial charge in [0.05, 0.1) is 54.1 Å². The predicted molar refractivity (Wildman–Crippen MR) is 240 cm³/mol. The molecule has 7 atom stereocenters. The maximum atomic E-state index is 14.3. The lowest BCUT2D eigenvalue weighted by molar-refractivity contribution is -0.206. The normalized spacial score (nSPS) is 22.4. The van der Waals surface area contributed by atoms with Gasteiger partial charge in [-0.15, -0.1) is 0 Å². The minimum absolute atomic E-state index is 0.0287. The third-order valence-corrected chi connectivity index (χ3v) is 12.5. The van der Waals surface area contributed by atoms with Crippen molar-refractivity contribution in [2.45, 2.75) is 126 Å². The van der Waals surface area contributed by atoms with Crippen molar-refractivity contribution in [3.05, 3.63) is 144 Å². The average molecular weight is 907 g/mol. The van der Waals surface area contributed by atoms with Gasteiger partial charge in [0, 0.05) is 0 Å². The van der Waals surface area contributed by atoms with Gasteiger partial charge in [0.1, 0.15) is 22.9 Å². The molecule has 4 aromatic carbocycles. The van der Waals surface area contributed by atoms with Gasteiger partial charge in [-0.05, 0) is 128 Å². The van der Waals surface area contributed by atoms with Crippen molar-refractivity contribution in [1.82, 2.24) is 0 Å². The van der Waals surface area contributed by atoms with Crippen LogP contribution in [-0.2, 0) is 42.7 Å². The number of hydrogen-bond acceptors (Lipinski definition) is 13. The lowest BCUT2D eigenvalue weighted by Gasteiger charge is -2.39. The Bertz CT molecular complexity index is 2290. The van der Waals surface area contributed by atoms with Gasteiger partial charge < -0.3 is 38.3 Å². The molecule has 2 heterocycles. The summed E-state index contributed by atoms with van der Waals surface area (Å²) in [6.45, 7) is 6.72. The Balaban J connectivity index is 1.14. The molecule has 0 aromatic heterocycles. The minimum atomic E-state index is -1.58. The molecule has 0 aliphatic carbocycles. The van der Waals surface area contributed by atoms with Crippen molar-refractivity contribution in [2.75, 3.05) is 13.2 Å². The maximum Gasteiger partial charge on any atom is 0.338 e. The van der Waals surface area contributed by atoms with E-state index in [4.69, 9.17) is 33.2 Å². The van der Waals surface area contributed by atoms with Crippen LogP contribution in [0.4, 0.5) is 0 Å². The molecule has 0 spiro atoms.